The molecule has 3 heterocycles. The van der Waals surface area contributed by atoms with Crippen molar-refractivity contribution in [1.29, 1.82) is 0 Å². The number of benzene rings is 2. The summed E-state index contributed by atoms with van der Waals surface area (Å²) in [5.74, 6) is 2.64. The summed E-state index contributed by atoms with van der Waals surface area (Å²) in [7, 11) is -3.06. The minimum Gasteiger partial charge on any atom is -0.486 e. The van der Waals surface area contributed by atoms with Gasteiger partial charge in [-0.1, -0.05) is 42.1 Å². The number of amidine groups is 1. The molecule has 0 bridgehead atoms. The van der Waals surface area contributed by atoms with Gasteiger partial charge in [0, 0.05) is 17.5 Å². The molecular weight excluding hydrogens is 420 g/mol. The van der Waals surface area contributed by atoms with Crippen LogP contribution in [0.15, 0.2) is 53.5 Å². The fourth-order valence-corrected chi connectivity index (χ4v) is 7.11. The highest BCUT2D eigenvalue weighted by Crippen LogP contribution is 2.40. The predicted octanol–water partition coefficient (Wildman–Crippen LogP) is 3.17. The molecule has 0 aromatic heterocycles. The Morgan fingerprint density at radius 2 is 1.83 bits per heavy atom. The van der Waals surface area contributed by atoms with Gasteiger partial charge in [0.05, 0.1) is 23.6 Å². The van der Waals surface area contributed by atoms with Gasteiger partial charge in [-0.05, 0) is 30.5 Å². The second-order valence-corrected chi connectivity index (χ2v) is 11.0. The first kappa shape index (κ1) is 19.8. The Kier molecular flexibility index (Phi) is 5.37. The minimum atomic E-state index is -3.06. The number of thioether (sulfide) groups is 1. The van der Waals surface area contributed by atoms with E-state index in [-0.39, 0.29) is 23.6 Å². The second-order valence-electron chi connectivity index (χ2n) is 7.76. The number of sulfone groups is 1. The van der Waals surface area contributed by atoms with Crippen molar-refractivity contribution in [3.05, 3.63) is 54.1 Å². The lowest BCUT2D eigenvalue weighted by atomic mass is 10.1. The number of aliphatic imine (C=N–C) groups is 1. The van der Waals surface area contributed by atoms with Crippen LogP contribution in [0.1, 0.15) is 12.0 Å². The summed E-state index contributed by atoms with van der Waals surface area (Å²) in [4.78, 5) is 6.91. The van der Waals surface area contributed by atoms with Crippen LogP contribution < -0.4 is 14.4 Å². The maximum atomic E-state index is 12.2. The number of hydrogen-bond acceptors (Lipinski definition) is 7. The molecule has 1 saturated heterocycles. The lowest BCUT2D eigenvalue weighted by Gasteiger charge is -2.28. The molecule has 2 aromatic rings. The maximum Gasteiger partial charge on any atom is 0.164 e. The average molecular weight is 445 g/mol. The third kappa shape index (κ3) is 4.03. The Morgan fingerprint density at radius 3 is 2.67 bits per heavy atom. The van der Waals surface area contributed by atoms with E-state index in [0.29, 0.717) is 19.0 Å². The van der Waals surface area contributed by atoms with Crippen LogP contribution in [0.3, 0.4) is 0 Å². The molecule has 0 N–H and O–H groups in total. The van der Waals surface area contributed by atoms with E-state index in [9.17, 15) is 8.42 Å². The summed E-state index contributed by atoms with van der Waals surface area (Å²) in [5, 5.41) is 0.907. The van der Waals surface area contributed by atoms with E-state index >= 15 is 0 Å². The zero-order chi connectivity index (χ0) is 20.6. The third-order valence-electron chi connectivity index (χ3n) is 5.60. The second kappa shape index (κ2) is 8.15. The summed E-state index contributed by atoms with van der Waals surface area (Å²) in [6.07, 6.45) is 2.06. The zero-order valence-electron chi connectivity index (χ0n) is 16.6. The molecule has 8 heteroatoms. The molecule has 0 unspecified atom stereocenters. The van der Waals surface area contributed by atoms with Crippen LogP contribution in [0.2, 0.25) is 0 Å². The number of aryl methyl sites for hydroxylation is 1. The van der Waals surface area contributed by atoms with E-state index in [2.05, 4.69) is 29.2 Å². The zero-order valence-corrected chi connectivity index (χ0v) is 18.2. The van der Waals surface area contributed by atoms with Crippen LogP contribution in [0, 0.1) is 0 Å². The number of ether oxygens (including phenoxy) is 2. The Balaban J connectivity index is 1.34. The van der Waals surface area contributed by atoms with Gasteiger partial charge in [-0.15, -0.1) is 0 Å². The first-order chi connectivity index (χ1) is 14.6. The minimum absolute atomic E-state index is 0.132. The maximum absolute atomic E-state index is 12.2. The Hall–Kier alpha value is -2.19. The number of anilines is 1. The average Bonchev–Trinajstić information content (AvgIpc) is 3.22. The van der Waals surface area contributed by atoms with Gasteiger partial charge in [0.1, 0.15) is 13.2 Å². The number of rotatable bonds is 5. The summed E-state index contributed by atoms with van der Waals surface area (Å²) >= 11 is 1.71. The SMILES string of the molecule is O=S1(=O)C[C@@H]2N=C(SCCCc3ccccc3)N(c3ccc4c(c3)OCCO4)[C@H]2C1. The predicted molar refractivity (Wildman–Crippen MR) is 121 cm³/mol. The van der Waals surface area contributed by atoms with Gasteiger partial charge in [-0.25, -0.2) is 8.42 Å². The van der Waals surface area contributed by atoms with Crippen molar-refractivity contribution >= 4 is 32.5 Å². The van der Waals surface area contributed by atoms with E-state index in [4.69, 9.17) is 14.5 Å². The molecule has 0 spiro atoms. The van der Waals surface area contributed by atoms with Crippen LogP contribution in [-0.2, 0) is 16.3 Å². The molecule has 6 nitrogen and oxygen atoms in total. The molecule has 30 heavy (non-hydrogen) atoms. The van der Waals surface area contributed by atoms with Gasteiger partial charge in [-0.2, -0.15) is 0 Å². The molecule has 3 aliphatic heterocycles. The van der Waals surface area contributed by atoms with Gasteiger partial charge in [0.15, 0.2) is 26.5 Å². The topological polar surface area (TPSA) is 68.2 Å². The monoisotopic (exact) mass is 444 g/mol. The van der Waals surface area contributed by atoms with Crippen LogP contribution in [0.5, 0.6) is 11.5 Å². The molecule has 2 atom stereocenters. The Morgan fingerprint density at radius 1 is 1.03 bits per heavy atom. The molecule has 0 aliphatic carbocycles. The van der Waals surface area contributed by atoms with Crippen molar-refractivity contribution in [2.24, 2.45) is 4.99 Å². The largest absolute Gasteiger partial charge is 0.486 e. The normalized spacial score (nSPS) is 23.9. The first-order valence-electron chi connectivity index (χ1n) is 10.2. The number of nitrogens with zero attached hydrogens (tertiary/aromatic N) is 2. The molecule has 0 radical (unpaired) electrons. The summed E-state index contributed by atoms with van der Waals surface area (Å²) in [6, 6.07) is 15.9. The highest BCUT2D eigenvalue weighted by molar-refractivity contribution is 8.14. The van der Waals surface area contributed by atoms with E-state index in [0.717, 1.165) is 35.2 Å². The fourth-order valence-electron chi connectivity index (χ4n) is 4.20. The highest BCUT2D eigenvalue weighted by Gasteiger charge is 2.47. The van der Waals surface area contributed by atoms with E-state index in [1.807, 2.05) is 24.3 Å². The lowest BCUT2D eigenvalue weighted by molar-refractivity contribution is 0.171. The highest BCUT2D eigenvalue weighted by atomic mass is 32.2. The molecular formula is C22H24N2O4S2. The molecule has 0 saturated carbocycles. The van der Waals surface area contributed by atoms with Gasteiger partial charge in [-0.3, -0.25) is 4.99 Å². The smallest absolute Gasteiger partial charge is 0.164 e. The van der Waals surface area contributed by atoms with E-state index < -0.39 is 9.84 Å². The molecule has 1 fully saturated rings. The van der Waals surface area contributed by atoms with Gasteiger partial charge >= 0.3 is 0 Å². The molecule has 0 amide bonds. The number of fused-ring (bicyclic) bond motifs is 2. The van der Waals surface area contributed by atoms with Crippen molar-refractivity contribution < 1.29 is 17.9 Å². The summed E-state index contributed by atoms with van der Waals surface area (Å²) < 4.78 is 35.8. The first-order valence-corrected chi connectivity index (χ1v) is 13.0. The van der Waals surface area contributed by atoms with Crippen molar-refractivity contribution in [3.8, 4) is 11.5 Å². The molecule has 5 rings (SSSR count). The van der Waals surface area contributed by atoms with Crippen LogP contribution in [0.25, 0.3) is 0 Å². The standard InChI is InChI=1S/C22H24N2O4S2/c25-30(26)14-18-19(15-30)24(17-8-9-20-21(13-17)28-11-10-27-20)22(23-18)29-12-4-7-16-5-2-1-3-6-16/h1-3,5-6,8-9,13,18-19H,4,7,10-12,14-15H2/t18-,19-/m0/s1. The van der Waals surface area contributed by atoms with Crippen molar-refractivity contribution in [3.63, 3.8) is 0 Å². The quantitative estimate of drug-likeness (QED) is 0.660. The van der Waals surface area contributed by atoms with Gasteiger partial charge in [0.2, 0.25) is 0 Å². The molecule has 2 aromatic carbocycles. The summed E-state index contributed by atoms with van der Waals surface area (Å²) in [6.45, 7) is 1.06. The fraction of sp³-hybridized carbons (Fsp3) is 0.409. The summed E-state index contributed by atoms with van der Waals surface area (Å²) in [5.41, 5.74) is 2.25. The van der Waals surface area contributed by atoms with Crippen molar-refractivity contribution in [1.82, 2.24) is 0 Å². The van der Waals surface area contributed by atoms with Gasteiger partial charge < -0.3 is 14.4 Å². The van der Waals surface area contributed by atoms with Crippen molar-refractivity contribution in [2.75, 3.05) is 35.4 Å². The van der Waals surface area contributed by atoms with E-state index in [1.54, 1.807) is 11.8 Å². The van der Waals surface area contributed by atoms with Gasteiger partial charge in [0.25, 0.3) is 0 Å². The Labute approximate surface area is 181 Å². The number of hydrogen-bond donors (Lipinski definition) is 0. The lowest BCUT2D eigenvalue weighted by Crippen LogP contribution is -2.39. The van der Waals surface area contributed by atoms with Crippen LogP contribution >= 0.6 is 11.8 Å². The van der Waals surface area contributed by atoms with Crippen LogP contribution in [-0.4, -0.2) is 56.1 Å². The third-order valence-corrected chi connectivity index (χ3v) is 8.35. The van der Waals surface area contributed by atoms with E-state index in [1.165, 1.54) is 5.56 Å². The van der Waals surface area contributed by atoms with Crippen molar-refractivity contribution in [2.45, 2.75) is 24.9 Å². The molecule has 158 valence electrons. The molecule has 3 aliphatic rings. The Bertz CT molecular complexity index is 1060. The van der Waals surface area contributed by atoms with Crippen LogP contribution in [0.4, 0.5) is 5.69 Å².